The molecule has 0 aliphatic heterocycles. The van der Waals surface area contributed by atoms with E-state index in [0.29, 0.717) is 5.84 Å². The number of hydrogen-bond acceptors (Lipinski definition) is 1. The van der Waals surface area contributed by atoms with Crippen LogP contribution < -0.4 is 11.3 Å². The first-order valence-corrected chi connectivity index (χ1v) is 2.17. The van der Waals surface area contributed by atoms with Gasteiger partial charge in [0.1, 0.15) is 0 Å². The summed E-state index contributed by atoms with van der Waals surface area (Å²) in [7, 11) is 0. The van der Waals surface area contributed by atoms with Crippen molar-refractivity contribution in [3.8, 4) is 0 Å². The first kappa shape index (κ1) is 6.81. The molecule has 0 aromatic carbocycles. The van der Waals surface area contributed by atoms with Crippen molar-refractivity contribution in [2.45, 2.75) is 6.92 Å². The SMILES string of the molecule is CC=CC(=[NH2+])N=NN. The number of allylic oxidation sites excluding steroid dienone is 1. The van der Waals surface area contributed by atoms with E-state index in [2.05, 4.69) is 16.2 Å². The van der Waals surface area contributed by atoms with Gasteiger partial charge < -0.3 is 0 Å². The molecule has 0 rings (SSSR count). The quantitative estimate of drug-likeness (QED) is 0.148. The fraction of sp³-hybridized carbons (Fsp3) is 0.250. The summed E-state index contributed by atoms with van der Waals surface area (Å²) in [4.78, 5) is 0. The van der Waals surface area contributed by atoms with Crippen molar-refractivity contribution in [3.63, 3.8) is 0 Å². The predicted octanol–water partition coefficient (Wildman–Crippen LogP) is -0.954. The highest BCUT2D eigenvalue weighted by Gasteiger charge is 1.91. The fourth-order valence-corrected chi connectivity index (χ4v) is 0.271. The van der Waals surface area contributed by atoms with Gasteiger partial charge in [-0.15, -0.1) is 0 Å². The maximum absolute atomic E-state index is 5.18. The van der Waals surface area contributed by atoms with E-state index in [4.69, 9.17) is 5.41 Å². The second-order valence-electron chi connectivity index (χ2n) is 1.14. The van der Waals surface area contributed by atoms with Crippen molar-refractivity contribution in [1.82, 2.24) is 0 Å². The number of hydrogen-bond donors (Lipinski definition) is 2. The molecule has 0 radical (unpaired) electrons. The molecule has 0 saturated carbocycles. The minimum absolute atomic E-state index is 0.315. The summed E-state index contributed by atoms with van der Waals surface area (Å²) in [5.74, 6) is 5.00. The van der Waals surface area contributed by atoms with Crippen LogP contribution in [0, 0.1) is 0 Å². The Kier molecular flexibility index (Phi) is 3.39. The van der Waals surface area contributed by atoms with Crippen LogP contribution in [0.4, 0.5) is 0 Å². The van der Waals surface area contributed by atoms with Gasteiger partial charge in [-0.25, -0.2) is 0 Å². The Morgan fingerprint density at radius 3 is 2.75 bits per heavy atom. The third kappa shape index (κ3) is 3.02. The Balaban J connectivity index is 3.66. The summed E-state index contributed by atoms with van der Waals surface area (Å²) in [6.45, 7) is 1.83. The van der Waals surface area contributed by atoms with Crippen LogP contribution in [0.1, 0.15) is 6.92 Å². The van der Waals surface area contributed by atoms with Crippen LogP contribution in [0.3, 0.4) is 0 Å². The molecule has 0 aliphatic carbocycles. The van der Waals surface area contributed by atoms with E-state index in [1.165, 1.54) is 0 Å². The number of nitrogens with zero attached hydrogens (tertiary/aromatic N) is 2. The maximum Gasteiger partial charge on any atom is 0.343 e. The fourth-order valence-electron chi connectivity index (χ4n) is 0.271. The van der Waals surface area contributed by atoms with E-state index in [9.17, 15) is 0 Å². The van der Waals surface area contributed by atoms with Crippen LogP contribution in [0.25, 0.3) is 0 Å². The standard InChI is InChI=1S/C4H8N4/c1-2-3-4(5)7-8-6/h2-3H,1H3,(H3,5,6,7)/p+1. The molecular weight excluding hydrogens is 104 g/mol. The lowest BCUT2D eigenvalue weighted by Gasteiger charge is -1.66. The average molecular weight is 113 g/mol. The van der Waals surface area contributed by atoms with Gasteiger partial charge in [0.2, 0.25) is 0 Å². The second-order valence-corrected chi connectivity index (χ2v) is 1.14. The van der Waals surface area contributed by atoms with Crippen molar-refractivity contribution in [3.05, 3.63) is 12.2 Å². The summed E-state index contributed by atoms with van der Waals surface area (Å²) in [5, 5.41) is 11.5. The maximum atomic E-state index is 5.18. The molecule has 8 heavy (non-hydrogen) atoms. The molecule has 0 unspecified atom stereocenters. The first-order chi connectivity index (χ1) is 3.81. The van der Waals surface area contributed by atoms with Crippen LogP contribution in [0.5, 0.6) is 0 Å². The molecule has 0 aromatic heterocycles. The van der Waals surface area contributed by atoms with Gasteiger partial charge in [0.15, 0.2) is 0 Å². The molecular formula is C4H9N4+. The van der Waals surface area contributed by atoms with Gasteiger partial charge in [0.25, 0.3) is 0 Å². The van der Waals surface area contributed by atoms with Crippen molar-refractivity contribution < 1.29 is 5.41 Å². The molecule has 0 aliphatic rings. The number of nitrogens with two attached hydrogens (primary N) is 2. The van der Waals surface area contributed by atoms with Crippen LogP contribution >= 0.6 is 0 Å². The molecule has 4 heteroatoms. The van der Waals surface area contributed by atoms with Crippen LogP contribution in [0.2, 0.25) is 0 Å². The van der Waals surface area contributed by atoms with Gasteiger partial charge in [0, 0.05) is 11.3 Å². The molecule has 0 amide bonds. The van der Waals surface area contributed by atoms with Crippen molar-refractivity contribution >= 4 is 5.84 Å². The lowest BCUT2D eigenvalue weighted by Crippen LogP contribution is -2.36. The Bertz CT molecular complexity index is 110. The van der Waals surface area contributed by atoms with Gasteiger partial charge in [-0.2, -0.15) is 0 Å². The van der Waals surface area contributed by atoms with E-state index in [0.717, 1.165) is 0 Å². The Morgan fingerprint density at radius 2 is 2.38 bits per heavy atom. The summed E-state index contributed by atoms with van der Waals surface area (Å²) in [5.41, 5.74) is 0. The summed E-state index contributed by atoms with van der Waals surface area (Å²) >= 11 is 0. The van der Waals surface area contributed by atoms with E-state index in [-0.39, 0.29) is 0 Å². The minimum Gasteiger partial charge on any atom is -0.284 e. The van der Waals surface area contributed by atoms with E-state index < -0.39 is 0 Å². The molecule has 0 spiro atoms. The van der Waals surface area contributed by atoms with Crippen molar-refractivity contribution in [1.29, 1.82) is 0 Å². The van der Waals surface area contributed by atoms with Crippen molar-refractivity contribution in [2.75, 3.05) is 0 Å². The highest BCUT2D eigenvalue weighted by atomic mass is 15.3. The molecule has 44 valence electrons. The molecule has 0 fully saturated rings. The molecule has 0 atom stereocenters. The summed E-state index contributed by atoms with van der Waals surface area (Å²) in [6.07, 6.45) is 3.36. The van der Waals surface area contributed by atoms with E-state index >= 15 is 0 Å². The molecule has 0 saturated heterocycles. The summed E-state index contributed by atoms with van der Waals surface area (Å²) in [6, 6.07) is 0. The van der Waals surface area contributed by atoms with Crippen LogP contribution in [-0.4, -0.2) is 5.84 Å². The normalized spacial score (nSPS) is 11.1. The zero-order valence-corrected chi connectivity index (χ0v) is 4.70. The summed E-state index contributed by atoms with van der Waals surface area (Å²) < 4.78 is 0. The Hall–Kier alpha value is -1.19. The molecule has 0 heterocycles. The van der Waals surface area contributed by atoms with Crippen LogP contribution in [-0.2, 0) is 0 Å². The highest BCUT2D eigenvalue weighted by Crippen LogP contribution is 1.73. The van der Waals surface area contributed by atoms with Gasteiger partial charge >= 0.3 is 5.84 Å². The van der Waals surface area contributed by atoms with Gasteiger partial charge in [-0.3, -0.25) is 11.3 Å². The molecule has 0 bridgehead atoms. The largest absolute Gasteiger partial charge is 0.343 e. The first-order valence-electron chi connectivity index (χ1n) is 2.17. The molecule has 0 aromatic rings. The smallest absolute Gasteiger partial charge is 0.284 e. The predicted molar refractivity (Wildman–Crippen MR) is 30.8 cm³/mol. The zero-order valence-electron chi connectivity index (χ0n) is 4.70. The monoisotopic (exact) mass is 113 g/mol. The third-order valence-corrected chi connectivity index (χ3v) is 0.511. The van der Waals surface area contributed by atoms with E-state index in [1.54, 1.807) is 12.2 Å². The Labute approximate surface area is 47.6 Å². The molecule has 4 nitrogen and oxygen atoms in total. The van der Waals surface area contributed by atoms with Gasteiger partial charge in [-0.1, -0.05) is 6.08 Å². The topological polar surface area (TPSA) is 76.3 Å². The minimum atomic E-state index is 0.315. The van der Waals surface area contributed by atoms with Crippen LogP contribution in [0.15, 0.2) is 22.5 Å². The number of rotatable bonds is 1. The second kappa shape index (κ2) is 3.98. The highest BCUT2D eigenvalue weighted by molar-refractivity contribution is 5.87. The third-order valence-electron chi connectivity index (χ3n) is 0.511. The van der Waals surface area contributed by atoms with E-state index in [1.807, 2.05) is 6.92 Å². The van der Waals surface area contributed by atoms with Gasteiger partial charge in [0.05, 0.1) is 5.11 Å². The number of amidine groups is 1. The van der Waals surface area contributed by atoms with Gasteiger partial charge in [-0.05, 0) is 6.92 Å². The molecule has 4 N–H and O–H groups in total. The zero-order chi connectivity index (χ0) is 6.41. The van der Waals surface area contributed by atoms with Crippen molar-refractivity contribution in [2.24, 2.45) is 16.2 Å². The average Bonchev–Trinajstić information content (AvgIpc) is 1.68. The Morgan fingerprint density at radius 1 is 1.75 bits per heavy atom. The lowest BCUT2D eigenvalue weighted by molar-refractivity contribution is -0.113. The lowest BCUT2D eigenvalue weighted by atomic mass is 10.5.